The molecule has 0 spiro atoms. The molecule has 1 aliphatic carbocycles. The normalized spacial score (nSPS) is 21.6. The van der Waals surface area contributed by atoms with Crippen molar-refractivity contribution < 1.29 is 23.9 Å². The van der Waals surface area contributed by atoms with Crippen LogP contribution >= 0.6 is 0 Å². The van der Waals surface area contributed by atoms with E-state index >= 15 is 0 Å². The molecule has 2 amide bonds. The van der Waals surface area contributed by atoms with Gasteiger partial charge in [-0.25, -0.2) is 14.4 Å². The molecule has 1 aliphatic heterocycles. The number of carbonyl (C=O) groups is 3. The minimum atomic E-state index is -0.660. The summed E-state index contributed by atoms with van der Waals surface area (Å²) in [5.74, 6) is -0.0750. The topological polar surface area (TPSA) is 84.9 Å². The number of carbonyl (C=O) groups excluding carboxylic acids is 3. The molecule has 1 N–H and O–H groups in total. The van der Waals surface area contributed by atoms with Gasteiger partial charge in [0.25, 0.3) is 0 Å². The van der Waals surface area contributed by atoms with Crippen molar-refractivity contribution >= 4 is 23.7 Å². The number of amides is 2. The number of benzene rings is 1. The summed E-state index contributed by atoms with van der Waals surface area (Å²) < 4.78 is 9.39. The summed E-state index contributed by atoms with van der Waals surface area (Å²) in [6.07, 6.45) is 3.63. The summed E-state index contributed by atoms with van der Waals surface area (Å²) >= 11 is 0. The zero-order valence-electron chi connectivity index (χ0n) is 14.4. The molecule has 25 heavy (non-hydrogen) atoms. The van der Waals surface area contributed by atoms with Crippen molar-refractivity contribution in [2.45, 2.75) is 19.3 Å². The molecule has 1 saturated heterocycles. The number of fused-ring (bicyclic) bond motifs is 1. The van der Waals surface area contributed by atoms with Crippen molar-refractivity contribution in [3.8, 4) is 0 Å². The third-order valence-corrected chi connectivity index (χ3v) is 5.09. The molecule has 3 rings (SSSR count). The van der Waals surface area contributed by atoms with E-state index in [9.17, 15) is 14.4 Å². The number of nitrogens with one attached hydrogen (secondary N) is 1. The monoisotopic (exact) mass is 346 g/mol. The molecule has 1 aromatic carbocycles. The first-order valence-corrected chi connectivity index (χ1v) is 8.40. The predicted molar refractivity (Wildman–Crippen MR) is 90.5 cm³/mol. The van der Waals surface area contributed by atoms with Gasteiger partial charge >= 0.3 is 18.0 Å². The Morgan fingerprint density at radius 1 is 1.00 bits per heavy atom. The third kappa shape index (κ3) is 3.45. The smallest absolute Gasteiger partial charge is 0.338 e. The van der Waals surface area contributed by atoms with Crippen LogP contribution in [-0.4, -0.2) is 50.2 Å². The number of likely N-dealkylation sites (tertiary alicyclic amines) is 1. The van der Waals surface area contributed by atoms with Gasteiger partial charge in [0, 0.05) is 18.8 Å². The Hall–Kier alpha value is -2.57. The molecule has 7 nitrogen and oxygen atoms in total. The van der Waals surface area contributed by atoms with E-state index in [0.29, 0.717) is 17.5 Å². The molecule has 0 aromatic heterocycles. The second kappa shape index (κ2) is 7.13. The molecule has 2 aliphatic rings. The van der Waals surface area contributed by atoms with Gasteiger partial charge in [-0.1, -0.05) is 6.42 Å². The standard InChI is InChI=1S/C18H22N2O5/c1-24-16(21)14-7-6-13(8-15(14)17(22)25-2)19-18(23)20-9-11-4-3-5-12(11)10-20/h6-8,11-12H,3-5,9-10H2,1-2H3,(H,19,23)/t11-,12-/m1/s1. The molecule has 0 radical (unpaired) electrons. The van der Waals surface area contributed by atoms with Gasteiger partial charge in [-0.05, 0) is 42.9 Å². The van der Waals surface area contributed by atoms with Crippen molar-refractivity contribution in [2.75, 3.05) is 32.6 Å². The average molecular weight is 346 g/mol. The molecule has 2 atom stereocenters. The van der Waals surface area contributed by atoms with Crippen LogP contribution in [0.2, 0.25) is 0 Å². The van der Waals surface area contributed by atoms with Crippen LogP contribution in [-0.2, 0) is 9.47 Å². The molecule has 0 bridgehead atoms. The van der Waals surface area contributed by atoms with Gasteiger partial charge in [0.15, 0.2) is 0 Å². The second-order valence-corrected chi connectivity index (χ2v) is 6.53. The van der Waals surface area contributed by atoms with Crippen LogP contribution in [0, 0.1) is 11.8 Å². The molecular formula is C18H22N2O5. The number of rotatable bonds is 3. The van der Waals surface area contributed by atoms with Crippen molar-refractivity contribution in [3.05, 3.63) is 29.3 Å². The number of methoxy groups -OCH3 is 2. The minimum Gasteiger partial charge on any atom is -0.465 e. The first-order valence-electron chi connectivity index (χ1n) is 8.40. The fourth-order valence-corrected chi connectivity index (χ4v) is 3.79. The number of nitrogens with zero attached hydrogens (tertiary/aromatic N) is 1. The van der Waals surface area contributed by atoms with Crippen LogP contribution in [0.15, 0.2) is 18.2 Å². The summed E-state index contributed by atoms with van der Waals surface area (Å²) in [7, 11) is 2.47. The summed E-state index contributed by atoms with van der Waals surface area (Å²) in [6, 6.07) is 4.28. The number of anilines is 1. The lowest BCUT2D eigenvalue weighted by atomic mass is 10.0. The molecule has 7 heteroatoms. The molecule has 1 heterocycles. The summed E-state index contributed by atoms with van der Waals surface area (Å²) in [5, 5.41) is 2.80. The summed E-state index contributed by atoms with van der Waals surface area (Å²) in [4.78, 5) is 38.0. The quantitative estimate of drug-likeness (QED) is 0.850. The Bertz CT molecular complexity index is 691. The van der Waals surface area contributed by atoms with Gasteiger partial charge in [-0.15, -0.1) is 0 Å². The van der Waals surface area contributed by atoms with Gasteiger partial charge in [0.1, 0.15) is 0 Å². The van der Waals surface area contributed by atoms with E-state index in [2.05, 4.69) is 10.1 Å². The van der Waals surface area contributed by atoms with Crippen molar-refractivity contribution in [1.29, 1.82) is 0 Å². The fourth-order valence-electron chi connectivity index (χ4n) is 3.79. The maximum Gasteiger partial charge on any atom is 0.338 e. The van der Waals surface area contributed by atoms with Crippen LogP contribution in [0.25, 0.3) is 0 Å². The van der Waals surface area contributed by atoms with Crippen LogP contribution in [0.3, 0.4) is 0 Å². The highest BCUT2D eigenvalue weighted by Gasteiger charge is 2.38. The molecule has 0 unspecified atom stereocenters. The van der Waals surface area contributed by atoms with Crippen LogP contribution in [0.4, 0.5) is 10.5 Å². The number of urea groups is 1. The highest BCUT2D eigenvalue weighted by Crippen LogP contribution is 2.37. The molecule has 1 saturated carbocycles. The Morgan fingerprint density at radius 2 is 1.60 bits per heavy atom. The molecule has 134 valence electrons. The average Bonchev–Trinajstić information content (AvgIpc) is 3.22. The van der Waals surface area contributed by atoms with E-state index in [0.717, 1.165) is 13.1 Å². The van der Waals surface area contributed by atoms with Crippen molar-refractivity contribution in [1.82, 2.24) is 4.90 Å². The zero-order valence-corrected chi connectivity index (χ0v) is 14.4. The predicted octanol–water partition coefficient (Wildman–Crippen LogP) is 2.52. The minimum absolute atomic E-state index is 0.0606. The first-order chi connectivity index (χ1) is 12.0. The van der Waals surface area contributed by atoms with E-state index in [4.69, 9.17) is 4.74 Å². The number of hydrogen-bond acceptors (Lipinski definition) is 5. The van der Waals surface area contributed by atoms with Crippen LogP contribution in [0.1, 0.15) is 40.0 Å². The van der Waals surface area contributed by atoms with Crippen LogP contribution < -0.4 is 5.32 Å². The number of ether oxygens (including phenoxy) is 2. The van der Waals surface area contributed by atoms with Gasteiger partial charge in [0.05, 0.1) is 25.3 Å². The van der Waals surface area contributed by atoms with E-state index in [1.54, 1.807) is 6.07 Å². The SMILES string of the molecule is COC(=O)c1ccc(NC(=O)N2C[C@H]3CCC[C@@H]3C2)cc1C(=O)OC. The highest BCUT2D eigenvalue weighted by atomic mass is 16.5. The molecule has 2 fully saturated rings. The maximum absolute atomic E-state index is 12.5. The Labute approximate surface area is 146 Å². The summed E-state index contributed by atoms with van der Waals surface area (Å²) in [5.41, 5.74) is 0.601. The Morgan fingerprint density at radius 3 is 2.20 bits per heavy atom. The highest BCUT2D eigenvalue weighted by molar-refractivity contribution is 6.04. The largest absolute Gasteiger partial charge is 0.465 e. The van der Waals surface area contributed by atoms with Crippen LogP contribution in [0.5, 0.6) is 0 Å². The number of hydrogen-bond donors (Lipinski definition) is 1. The lowest BCUT2D eigenvalue weighted by Gasteiger charge is -2.18. The molecule has 1 aromatic rings. The van der Waals surface area contributed by atoms with Crippen molar-refractivity contribution in [3.63, 3.8) is 0 Å². The van der Waals surface area contributed by atoms with E-state index in [1.165, 1.54) is 45.6 Å². The van der Waals surface area contributed by atoms with E-state index < -0.39 is 11.9 Å². The Balaban J connectivity index is 1.75. The van der Waals surface area contributed by atoms with Gasteiger partial charge < -0.3 is 19.7 Å². The molecular weight excluding hydrogens is 324 g/mol. The second-order valence-electron chi connectivity index (χ2n) is 6.53. The lowest BCUT2D eigenvalue weighted by molar-refractivity contribution is 0.0555. The zero-order chi connectivity index (χ0) is 18.0. The Kier molecular flexibility index (Phi) is 4.92. The van der Waals surface area contributed by atoms with Gasteiger partial charge in [-0.2, -0.15) is 0 Å². The van der Waals surface area contributed by atoms with Crippen molar-refractivity contribution in [2.24, 2.45) is 11.8 Å². The van der Waals surface area contributed by atoms with E-state index in [1.807, 2.05) is 4.90 Å². The van der Waals surface area contributed by atoms with E-state index in [-0.39, 0.29) is 17.2 Å². The summed E-state index contributed by atoms with van der Waals surface area (Å²) in [6.45, 7) is 1.56. The fraction of sp³-hybridized carbons (Fsp3) is 0.500. The maximum atomic E-state index is 12.5. The number of esters is 2. The van der Waals surface area contributed by atoms with Gasteiger partial charge in [-0.3, -0.25) is 0 Å². The first kappa shape index (κ1) is 17.3. The lowest BCUT2D eigenvalue weighted by Crippen LogP contribution is -2.33. The van der Waals surface area contributed by atoms with Gasteiger partial charge in [0.2, 0.25) is 0 Å². The third-order valence-electron chi connectivity index (χ3n) is 5.09.